The van der Waals surface area contributed by atoms with Gasteiger partial charge in [-0.25, -0.2) is 10.4 Å². The summed E-state index contributed by atoms with van der Waals surface area (Å²) in [6.45, 7) is 0. The third-order valence-corrected chi connectivity index (χ3v) is 4.13. The summed E-state index contributed by atoms with van der Waals surface area (Å²) in [4.78, 5) is 35.8. The van der Waals surface area contributed by atoms with Crippen molar-refractivity contribution >= 4 is 29.1 Å². The number of hydrazine groups is 1. The molecule has 1 atom stereocenters. The molecule has 22 heavy (non-hydrogen) atoms. The van der Waals surface area contributed by atoms with Crippen molar-refractivity contribution in [2.75, 3.05) is 0 Å². The monoisotopic (exact) mass is 316 g/mol. The van der Waals surface area contributed by atoms with E-state index in [9.17, 15) is 19.5 Å². The van der Waals surface area contributed by atoms with Gasteiger partial charge in [-0.05, 0) is 34.5 Å². The van der Waals surface area contributed by atoms with Gasteiger partial charge in [-0.2, -0.15) is 11.3 Å². The van der Waals surface area contributed by atoms with Gasteiger partial charge < -0.3 is 5.11 Å². The number of carboxylic acids is 1. The molecule has 0 saturated heterocycles. The van der Waals surface area contributed by atoms with Gasteiger partial charge in [0, 0.05) is 6.42 Å². The second-order valence-electron chi connectivity index (χ2n) is 4.85. The second-order valence-corrected chi connectivity index (χ2v) is 5.63. The third-order valence-electron chi connectivity index (χ3n) is 3.40. The van der Waals surface area contributed by atoms with Crippen LogP contribution in [0.25, 0.3) is 0 Å². The SMILES string of the molecule is O=C(O)[C@H](Cc1ccsc1)NN1C(=O)c2ccccc2C1=O. The minimum atomic E-state index is -1.12. The molecule has 0 radical (unpaired) electrons. The largest absolute Gasteiger partial charge is 0.480 e. The fraction of sp³-hybridized carbons (Fsp3) is 0.133. The van der Waals surface area contributed by atoms with Crippen molar-refractivity contribution in [1.82, 2.24) is 10.4 Å². The van der Waals surface area contributed by atoms with Gasteiger partial charge in [-0.1, -0.05) is 12.1 Å². The first-order chi connectivity index (χ1) is 10.6. The summed E-state index contributed by atoms with van der Waals surface area (Å²) in [5.74, 6) is -2.18. The Morgan fingerprint density at radius 3 is 2.32 bits per heavy atom. The fourth-order valence-corrected chi connectivity index (χ4v) is 2.98. The van der Waals surface area contributed by atoms with Crippen LogP contribution in [0.2, 0.25) is 0 Å². The molecule has 2 heterocycles. The van der Waals surface area contributed by atoms with E-state index < -0.39 is 23.8 Å². The van der Waals surface area contributed by atoms with E-state index in [1.54, 1.807) is 24.3 Å². The third kappa shape index (κ3) is 2.51. The zero-order valence-electron chi connectivity index (χ0n) is 11.4. The van der Waals surface area contributed by atoms with E-state index in [-0.39, 0.29) is 17.5 Å². The van der Waals surface area contributed by atoms with E-state index in [2.05, 4.69) is 5.43 Å². The average molecular weight is 316 g/mol. The number of hydrogen-bond acceptors (Lipinski definition) is 5. The maximum absolute atomic E-state index is 12.2. The first-order valence-electron chi connectivity index (χ1n) is 6.56. The number of imide groups is 1. The predicted octanol–water partition coefficient (Wildman–Crippen LogP) is 1.54. The Bertz CT molecular complexity index is 707. The summed E-state index contributed by atoms with van der Waals surface area (Å²) >= 11 is 1.46. The Kier molecular flexibility index (Phi) is 3.74. The molecule has 0 unspecified atom stereocenters. The topological polar surface area (TPSA) is 86.7 Å². The molecule has 7 heteroatoms. The van der Waals surface area contributed by atoms with Gasteiger partial charge in [0.15, 0.2) is 0 Å². The van der Waals surface area contributed by atoms with E-state index >= 15 is 0 Å². The molecule has 2 N–H and O–H groups in total. The van der Waals surface area contributed by atoms with Crippen molar-refractivity contribution in [1.29, 1.82) is 0 Å². The highest BCUT2D eigenvalue weighted by Gasteiger charge is 2.37. The standard InChI is InChI=1S/C15H12N2O4S/c18-13-10-3-1-2-4-11(10)14(19)17(13)16-12(15(20)21)7-9-5-6-22-8-9/h1-6,8,12,16H,7H2,(H,20,21)/t12-/m0/s1. The molecule has 2 aromatic rings. The van der Waals surface area contributed by atoms with Crippen molar-refractivity contribution in [2.24, 2.45) is 0 Å². The number of aliphatic carboxylic acids is 1. The van der Waals surface area contributed by atoms with Gasteiger partial charge in [0.2, 0.25) is 0 Å². The van der Waals surface area contributed by atoms with Crippen molar-refractivity contribution in [3.8, 4) is 0 Å². The Labute approximate surface area is 130 Å². The van der Waals surface area contributed by atoms with Crippen LogP contribution >= 0.6 is 11.3 Å². The summed E-state index contributed by atoms with van der Waals surface area (Å²) < 4.78 is 0. The van der Waals surface area contributed by atoms with Gasteiger partial charge in [0.05, 0.1) is 11.1 Å². The van der Waals surface area contributed by atoms with Crippen LogP contribution in [0.3, 0.4) is 0 Å². The number of hydrogen-bond donors (Lipinski definition) is 2. The molecule has 0 spiro atoms. The van der Waals surface area contributed by atoms with Crippen LogP contribution in [0.1, 0.15) is 26.3 Å². The van der Waals surface area contributed by atoms with Gasteiger partial charge in [-0.15, -0.1) is 0 Å². The van der Waals surface area contributed by atoms with E-state index in [4.69, 9.17) is 0 Å². The minimum absolute atomic E-state index is 0.187. The Balaban J connectivity index is 1.81. The van der Waals surface area contributed by atoms with Gasteiger partial charge >= 0.3 is 5.97 Å². The number of nitrogens with one attached hydrogen (secondary N) is 1. The first kappa shape index (κ1) is 14.4. The van der Waals surface area contributed by atoms with E-state index in [1.807, 2.05) is 16.8 Å². The second kappa shape index (κ2) is 5.70. The zero-order valence-corrected chi connectivity index (χ0v) is 12.2. The fourth-order valence-electron chi connectivity index (χ4n) is 2.30. The Morgan fingerprint density at radius 1 is 1.18 bits per heavy atom. The molecule has 0 fully saturated rings. The Hall–Kier alpha value is -2.51. The molecule has 112 valence electrons. The lowest BCUT2D eigenvalue weighted by Gasteiger charge is -2.20. The number of carboxylic acid groups (broad SMARTS) is 1. The molecular formula is C15H12N2O4S. The summed E-state index contributed by atoms with van der Waals surface area (Å²) in [7, 11) is 0. The zero-order chi connectivity index (χ0) is 15.7. The molecule has 0 saturated carbocycles. The van der Waals surface area contributed by atoms with Crippen LogP contribution in [-0.4, -0.2) is 33.9 Å². The van der Waals surface area contributed by atoms with Crippen molar-refractivity contribution in [2.45, 2.75) is 12.5 Å². The summed E-state index contributed by atoms with van der Waals surface area (Å²) in [5.41, 5.74) is 3.93. The highest BCUT2D eigenvalue weighted by Crippen LogP contribution is 2.21. The molecule has 1 aromatic heterocycles. The number of benzene rings is 1. The van der Waals surface area contributed by atoms with Gasteiger partial charge in [0.25, 0.3) is 11.8 Å². The van der Waals surface area contributed by atoms with Crippen LogP contribution < -0.4 is 5.43 Å². The number of fused-ring (bicyclic) bond motifs is 1. The molecule has 1 aliphatic rings. The van der Waals surface area contributed by atoms with E-state index in [1.165, 1.54) is 11.3 Å². The predicted molar refractivity (Wildman–Crippen MR) is 79.5 cm³/mol. The lowest BCUT2D eigenvalue weighted by molar-refractivity contribution is -0.140. The van der Waals surface area contributed by atoms with Gasteiger partial charge in [0.1, 0.15) is 6.04 Å². The number of nitrogens with zero attached hydrogens (tertiary/aromatic N) is 1. The van der Waals surface area contributed by atoms with Crippen molar-refractivity contribution < 1.29 is 19.5 Å². The summed E-state index contributed by atoms with van der Waals surface area (Å²) in [5, 5.41) is 13.8. The number of amides is 2. The lowest BCUT2D eigenvalue weighted by Crippen LogP contribution is -2.52. The minimum Gasteiger partial charge on any atom is -0.480 e. The number of carbonyl (C=O) groups excluding carboxylic acids is 2. The molecule has 1 aromatic carbocycles. The highest BCUT2D eigenvalue weighted by molar-refractivity contribution is 7.07. The maximum atomic E-state index is 12.2. The van der Waals surface area contributed by atoms with Crippen molar-refractivity contribution in [3.63, 3.8) is 0 Å². The lowest BCUT2D eigenvalue weighted by atomic mass is 10.1. The van der Waals surface area contributed by atoms with Crippen molar-refractivity contribution in [3.05, 3.63) is 57.8 Å². The van der Waals surface area contributed by atoms with Crippen LogP contribution in [0.15, 0.2) is 41.1 Å². The first-order valence-corrected chi connectivity index (χ1v) is 7.50. The number of carbonyl (C=O) groups is 3. The van der Waals surface area contributed by atoms with Gasteiger partial charge in [-0.3, -0.25) is 14.4 Å². The van der Waals surface area contributed by atoms with Crippen LogP contribution in [0, 0.1) is 0 Å². The Morgan fingerprint density at radius 2 is 1.82 bits per heavy atom. The van der Waals surface area contributed by atoms with E-state index in [0.29, 0.717) is 0 Å². The maximum Gasteiger partial charge on any atom is 0.322 e. The summed E-state index contributed by atoms with van der Waals surface area (Å²) in [6.07, 6.45) is 0.187. The quantitative estimate of drug-likeness (QED) is 0.817. The van der Waals surface area contributed by atoms with Crippen LogP contribution in [0.5, 0.6) is 0 Å². The number of thiophene rings is 1. The highest BCUT2D eigenvalue weighted by atomic mass is 32.1. The molecule has 3 rings (SSSR count). The molecule has 2 amide bonds. The molecular weight excluding hydrogens is 304 g/mol. The molecule has 1 aliphatic heterocycles. The molecule has 0 aliphatic carbocycles. The van der Waals surface area contributed by atoms with Crippen LogP contribution in [0.4, 0.5) is 0 Å². The normalized spacial score (nSPS) is 15.0. The average Bonchev–Trinajstić information content (AvgIpc) is 3.10. The molecule has 0 bridgehead atoms. The molecule has 6 nitrogen and oxygen atoms in total. The summed E-state index contributed by atoms with van der Waals surface area (Å²) in [6, 6.07) is 7.17. The number of rotatable bonds is 5. The smallest absolute Gasteiger partial charge is 0.322 e. The van der Waals surface area contributed by atoms with E-state index in [0.717, 1.165) is 10.6 Å². The van der Waals surface area contributed by atoms with Crippen LogP contribution in [-0.2, 0) is 11.2 Å².